The number of ketones is 1. The Morgan fingerprint density at radius 3 is 2.58 bits per heavy atom. The fourth-order valence-corrected chi connectivity index (χ4v) is 1.81. The van der Waals surface area contributed by atoms with Crippen LogP contribution < -0.4 is 0 Å². The molecular formula is C14H12N2O3. The Kier molecular flexibility index (Phi) is 3.66. The van der Waals surface area contributed by atoms with E-state index in [1.807, 2.05) is 0 Å². The summed E-state index contributed by atoms with van der Waals surface area (Å²) < 4.78 is 0. The van der Waals surface area contributed by atoms with E-state index in [9.17, 15) is 14.9 Å². The van der Waals surface area contributed by atoms with Crippen LogP contribution in [0.1, 0.15) is 21.5 Å². The highest BCUT2D eigenvalue weighted by Crippen LogP contribution is 2.21. The van der Waals surface area contributed by atoms with Gasteiger partial charge in [-0.2, -0.15) is 0 Å². The molecule has 0 N–H and O–H groups in total. The van der Waals surface area contributed by atoms with Crippen molar-refractivity contribution in [3.63, 3.8) is 0 Å². The fraction of sp³-hybridized carbons (Fsp3) is 0.143. The number of hydrogen-bond donors (Lipinski definition) is 0. The number of hydrogen-bond acceptors (Lipinski definition) is 4. The first kappa shape index (κ1) is 12.9. The number of Topliss-reactive ketones (excluding diaryl/α,β-unsaturated/α-hetero) is 1. The quantitative estimate of drug-likeness (QED) is 0.479. The Morgan fingerprint density at radius 2 is 1.95 bits per heavy atom. The monoisotopic (exact) mass is 256 g/mol. The van der Waals surface area contributed by atoms with E-state index in [2.05, 4.69) is 4.98 Å². The first-order valence-corrected chi connectivity index (χ1v) is 5.75. The summed E-state index contributed by atoms with van der Waals surface area (Å²) in [6.07, 6.45) is 3.31. The zero-order valence-corrected chi connectivity index (χ0v) is 10.4. The van der Waals surface area contributed by atoms with Crippen LogP contribution in [0, 0.1) is 17.0 Å². The molecule has 1 heterocycles. The van der Waals surface area contributed by atoms with Gasteiger partial charge in [-0.3, -0.25) is 19.9 Å². The topological polar surface area (TPSA) is 73.1 Å². The number of benzene rings is 1. The van der Waals surface area contributed by atoms with Gasteiger partial charge in [-0.25, -0.2) is 0 Å². The third kappa shape index (κ3) is 3.01. The lowest BCUT2D eigenvalue weighted by atomic mass is 10.0. The number of carbonyl (C=O) groups excluding carboxylic acids is 1. The van der Waals surface area contributed by atoms with Crippen molar-refractivity contribution in [2.45, 2.75) is 13.3 Å². The number of carbonyl (C=O) groups is 1. The maximum absolute atomic E-state index is 12.2. The molecule has 0 aliphatic rings. The number of nitro groups is 1. The molecule has 2 rings (SSSR count). The molecule has 0 saturated carbocycles. The lowest BCUT2D eigenvalue weighted by Gasteiger charge is -2.04. The van der Waals surface area contributed by atoms with Gasteiger partial charge in [0.25, 0.3) is 5.69 Å². The normalized spacial score (nSPS) is 10.2. The van der Waals surface area contributed by atoms with E-state index in [1.54, 1.807) is 43.6 Å². The average molecular weight is 256 g/mol. The second-order valence-electron chi connectivity index (χ2n) is 4.23. The SMILES string of the molecule is Cc1ccc([N+](=O)[O-])c(C(=O)Cc2ccncc2)c1. The van der Waals surface area contributed by atoms with Crippen molar-refractivity contribution in [1.29, 1.82) is 0 Å². The van der Waals surface area contributed by atoms with Crippen LogP contribution in [0.15, 0.2) is 42.7 Å². The number of nitro benzene ring substituents is 1. The Morgan fingerprint density at radius 1 is 1.26 bits per heavy atom. The minimum absolute atomic E-state index is 0.132. The second-order valence-corrected chi connectivity index (χ2v) is 4.23. The minimum Gasteiger partial charge on any atom is -0.294 e. The third-order valence-electron chi connectivity index (χ3n) is 2.76. The Hall–Kier alpha value is -2.56. The minimum atomic E-state index is -0.529. The molecule has 0 spiro atoms. The van der Waals surface area contributed by atoms with Crippen LogP contribution in [0.25, 0.3) is 0 Å². The Balaban J connectivity index is 2.33. The van der Waals surface area contributed by atoms with Gasteiger partial charge < -0.3 is 0 Å². The average Bonchev–Trinajstić information content (AvgIpc) is 2.39. The molecule has 0 unspecified atom stereocenters. The summed E-state index contributed by atoms with van der Waals surface area (Å²) in [4.78, 5) is 26.4. The van der Waals surface area contributed by atoms with Crippen LogP contribution in [-0.2, 0) is 6.42 Å². The van der Waals surface area contributed by atoms with Crippen molar-refractivity contribution < 1.29 is 9.72 Å². The van der Waals surface area contributed by atoms with Crippen molar-refractivity contribution >= 4 is 11.5 Å². The third-order valence-corrected chi connectivity index (χ3v) is 2.76. The van der Waals surface area contributed by atoms with E-state index in [-0.39, 0.29) is 23.5 Å². The van der Waals surface area contributed by atoms with Crippen molar-refractivity contribution in [2.75, 3.05) is 0 Å². The van der Waals surface area contributed by atoms with Gasteiger partial charge in [-0.15, -0.1) is 0 Å². The number of aryl methyl sites for hydroxylation is 1. The molecule has 0 amide bonds. The summed E-state index contributed by atoms with van der Waals surface area (Å²) in [5.41, 5.74) is 1.62. The molecular weight excluding hydrogens is 244 g/mol. The molecule has 19 heavy (non-hydrogen) atoms. The zero-order chi connectivity index (χ0) is 13.8. The van der Waals surface area contributed by atoms with Crippen molar-refractivity contribution in [3.05, 3.63) is 69.5 Å². The largest absolute Gasteiger partial charge is 0.294 e. The van der Waals surface area contributed by atoms with E-state index >= 15 is 0 Å². The van der Waals surface area contributed by atoms with Crippen molar-refractivity contribution in [1.82, 2.24) is 4.98 Å². The summed E-state index contributed by atoms with van der Waals surface area (Å²) in [7, 11) is 0. The number of aromatic nitrogens is 1. The summed E-state index contributed by atoms with van der Waals surface area (Å²) in [5.74, 6) is -0.262. The van der Waals surface area contributed by atoms with Crippen molar-refractivity contribution in [2.24, 2.45) is 0 Å². The highest BCUT2D eigenvalue weighted by molar-refractivity contribution is 6.01. The molecule has 0 aliphatic heterocycles. The van der Waals surface area contributed by atoms with Gasteiger partial charge in [-0.05, 0) is 36.2 Å². The predicted octanol–water partition coefficient (Wildman–Crippen LogP) is 2.72. The molecule has 0 radical (unpaired) electrons. The molecule has 0 saturated heterocycles. The van der Waals surface area contributed by atoms with Gasteiger partial charge in [-0.1, -0.05) is 6.07 Å². The Bertz CT molecular complexity index is 624. The number of pyridine rings is 1. The fourth-order valence-electron chi connectivity index (χ4n) is 1.81. The second kappa shape index (κ2) is 5.39. The van der Waals surface area contributed by atoms with Gasteiger partial charge >= 0.3 is 0 Å². The maximum Gasteiger partial charge on any atom is 0.280 e. The van der Waals surface area contributed by atoms with Crippen LogP contribution in [-0.4, -0.2) is 15.7 Å². The summed E-state index contributed by atoms with van der Waals surface area (Å²) in [6, 6.07) is 8.00. The lowest BCUT2D eigenvalue weighted by Crippen LogP contribution is -2.07. The molecule has 2 aromatic rings. The highest BCUT2D eigenvalue weighted by atomic mass is 16.6. The van der Waals surface area contributed by atoms with Gasteiger partial charge in [0.15, 0.2) is 5.78 Å². The molecule has 0 atom stereocenters. The Labute approximate surface area is 110 Å². The van der Waals surface area contributed by atoms with Crippen LogP contribution in [0.2, 0.25) is 0 Å². The molecule has 96 valence electrons. The molecule has 1 aromatic carbocycles. The van der Waals surface area contributed by atoms with Crippen molar-refractivity contribution in [3.8, 4) is 0 Å². The number of rotatable bonds is 4. The van der Waals surface area contributed by atoms with E-state index < -0.39 is 4.92 Å². The first-order valence-electron chi connectivity index (χ1n) is 5.75. The smallest absolute Gasteiger partial charge is 0.280 e. The van der Waals surface area contributed by atoms with Gasteiger partial charge in [0.2, 0.25) is 0 Å². The summed E-state index contributed by atoms with van der Waals surface area (Å²) >= 11 is 0. The molecule has 0 bridgehead atoms. The van der Waals surface area contributed by atoms with Crippen LogP contribution in [0.3, 0.4) is 0 Å². The van der Waals surface area contributed by atoms with E-state index in [4.69, 9.17) is 0 Å². The molecule has 0 fully saturated rings. The van der Waals surface area contributed by atoms with E-state index in [0.717, 1.165) is 11.1 Å². The lowest BCUT2D eigenvalue weighted by molar-refractivity contribution is -0.385. The molecule has 5 heteroatoms. The standard InChI is InChI=1S/C14H12N2O3/c1-10-2-3-13(16(18)19)12(8-10)14(17)9-11-4-6-15-7-5-11/h2-8H,9H2,1H3. The zero-order valence-electron chi connectivity index (χ0n) is 10.4. The molecule has 0 aliphatic carbocycles. The van der Waals surface area contributed by atoms with Gasteiger partial charge in [0.1, 0.15) is 0 Å². The predicted molar refractivity (Wildman–Crippen MR) is 70.1 cm³/mol. The maximum atomic E-state index is 12.2. The first-order chi connectivity index (χ1) is 9.08. The van der Waals surface area contributed by atoms with Gasteiger partial charge in [0, 0.05) is 24.9 Å². The van der Waals surface area contributed by atoms with E-state index in [0.29, 0.717) is 0 Å². The molecule has 1 aromatic heterocycles. The van der Waals surface area contributed by atoms with Crippen LogP contribution in [0.5, 0.6) is 0 Å². The van der Waals surface area contributed by atoms with E-state index in [1.165, 1.54) is 6.07 Å². The number of nitrogens with zero attached hydrogens (tertiary/aromatic N) is 2. The van der Waals surface area contributed by atoms with Crippen LogP contribution >= 0.6 is 0 Å². The summed E-state index contributed by atoms with van der Waals surface area (Å²) in [5, 5.41) is 10.9. The summed E-state index contributed by atoms with van der Waals surface area (Å²) in [6.45, 7) is 1.80. The highest BCUT2D eigenvalue weighted by Gasteiger charge is 2.19. The molecule has 5 nitrogen and oxygen atoms in total. The van der Waals surface area contributed by atoms with Gasteiger partial charge in [0.05, 0.1) is 10.5 Å². The van der Waals surface area contributed by atoms with Crippen LogP contribution in [0.4, 0.5) is 5.69 Å².